The number of imidazole rings is 1. The van der Waals surface area contributed by atoms with Gasteiger partial charge in [-0.25, -0.2) is 4.98 Å². The number of hydrogen-bond acceptors (Lipinski definition) is 2. The first-order valence-corrected chi connectivity index (χ1v) is 6.30. The van der Waals surface area contributed by atoms with Crippen molar-refractivity contribution < 1.29 is 4.79 Å². The summed E-state index contributed by atoms with van der Waals surface area (Å²) in [6, 6.07) is 3.92. The molecule has 0 aliphatic rings. The summed E-state index contributed by atoms with van der Waals surface area (Å²) < 4.78 is 1.97. The summed E-state index contributed by atoms with van der Waals surface area (Å²) in [5, 5.41) is 2.59. The molecule has 1 N–H and O–H groups in total. The van der Waals surface area contributed by atoms with E-state index in [1.54, 1.807) is 18.5 Å². The van der Waals surface area contributed by atoms with Crippen LogP contribution in [0.5, 0.6) is 0 Å². The molecular weight excluding hydrogens is 250 g/mol. The van der Waals surface area contributed by atoms with Gasteiger partial charge in [0.25, 0.3) is 0 Å². The molecule has 2 aromatic heterocycles. The van der Waals surface area contributed by atoms with E-state index in [1.165, 1.54) is 0 Å². The van der Waals surface area contributed by atoms with Gasteiger partial charge in [-0.3, -0.25) is 9.20 Å². The van der Waals surface area contributed by atoms with Crippen LogP contribution in [-0.2, 0) is 4.79 Å². The second-order valence-corrected chi connectivity index (χ2v) is 4.64. The van der Waals surface area contributed by atoms with Crippen LogP contribution < -0.4 is 5.32 Å². The Morgan fingerprint density at radius 2 is 2.20 bits per heavy atom. The lowest BCUT2D eigenvalue weighted by Gasteiger charge is -2.06. The van der Waals surface area contributed by atoms with Gasteiger partial charge in [-0.15, -0.1) is 0 Å². The fourth-order valence-electron chi connectivity index (χ4n) is 1.96. The lowest BCUT2D eigenvalue weighted by Crippen LogP contribution is -2.01. The van der Waals surface area contributed by atoms with Gasteiger partial charge in [0.15, 0.2) is 0 Å². The van der Waals surface area contributed by atoms with Crippen LogP contribution in [-0.4, -0.2) is 15.8 Å². The normalized spacial score (nSPS) is 11.2. The lowest BCUT2D eigenvalue weighted by molar-refractivity contribution is -0.108. The number of nitrogens with zero attached hydrogens (tertiary/aromatic N) is 2. The van der Waals surface area contributed by atoms with E-state index in [-0.39, 0.29) is 0 Å². The molecule has 0 atom stereocenters. The summed E-state index contributed by atoms with van der Waals surface area (Å²) in [5.41, 5.74) is 4.88. The molecule has 0 radical (unpaired) electrons. The third-order valence-electron chi connectivity index (χ3n) is 2.83. The van der Waals surface area contributed by atoms with Crippen molar-refractivity contribution in [2.45, 2.75) is 13.8 Å². The van der Waals surface area contributed by atoms with Crippen LogP contribution in [0, 0.1) is 0 Å². The highest BCUT2D eigenvalue weighted by molar-refractivity contribution is 5.76. The zero-order valence-electron chi connectivity index (χ0n) is 11.6. The SMILES string of the molecule is C=Cc1cnc2ccc(/C(C=C(C)C)=C/NC=O)cn12. The molecule has 4 nitrogen and oxygen atoms in total. The van der Waals surface area contributed by atoms with Crippen LogP contribution in [0.1, 0.15) is 25.1 Å². The van der Waals surface area contributed by atoms with E-state index in [4.69, 9.17) is 0 Å². The topological polar surface area (TPSA) is 46.4 Å². The van der Waals surface area contributed by atoms with Gasteiger partial charge in [-0.2, -0.15) is 0 Å². The van der Waals surface area contributed by atoms with Crippen molar-refractivity contribution in [3.63, 3.8) is 0 Å². The fraction of sp³-hybridized carbons (Fsp3) is 0.125. The van der Waals surface area contributed by atoms with Gasteiger partial charge in [0.1, 0.15) is 5.65 Å². The van der Waals surface area contributed by atoms with E-state index in [0.717, 1.165) is 28.1 Å². The zero-order chi connectivity index (χ0) is 14.5. The molecule has 20 heavy (non-hydrogen) atoms. The molecule has 0 fully saturated rings. The maximum atomic E-state index is 10.5. The Labute approximate surface area is 118 Å². The van der Waals surface area contributed by atoms with Crippen LogP contribution in [0.15, 0.2) is 49.0 Å². The first-order chi connectivity index (χ1) is 9.65. The number of fused-ring (bicyclic) bond motifs is 1. The Morgan fingerprint density at radius 3 is 2.85 bits per heavy atom. The monoisotopic (exact) mass is 267 g/mol. The lowest BCUT2D eigenvalue weighted by atomic mass is 10.1. The van der Waals surface area contributed by atoms with Crippen molar-refractivity contribution >= 4 is 23.7 Å². The first-order valence-electron chi connectivity index (χ1n) is 6.30. The number of hydrogen-bond donors (Lipinski definition) is 1. The maximum absolute atomic E-state index is 10.5. The summed E-state index contributed by atoms with van der Waals surface area (Å²) in [7, 11) is 0. The Kier molecular flexibility index (Phi) is 4.15. The van der Waals surface area contributed by atoms with Crippen LogP contribution in [0.4, 0.5) is 0 Å². The number of rotatable bonds is 5. The van der Waals surface area contributed by atoms with Crippen molar-refractivity contribution in [1.29, 1.82) is 0 Å². The van der Waals surface area contributed by atoms with Gasteiger partial charge < -0.3 is 5.32 Å². The molecule has 2 aromatic rings. The highest BCUT2D eigenvalue weighted by atomic mass is 16.1. The second-order valence-electron chi connectivity index (χ2n) is 4.64. The Balaban J connectivity index is 2.55. The minimum absolute atomic E-state index is 0.656. The summed E-state index contributed by atoms with van der Waals surface area (Å²) in [6.07, 6.45) is 9.88. The van der Waals surface area contributed by atoms with E-state index in [1.807, 2.05) is 42.7 Å². The van der Waals surface area contributed by atoms with Crippen molar-refractivity contribution in [2.24, 2.45) is 0 Å². The largest absolute Gasteiger partial charge is 0.335 e. The Bertz CT molecular complexity index is 704. The molecule has 0 aliphatic carbocycles. The third kappa shape index (κ3) is 2.85. The predicted molar refractivity (Wildman–Crippen MR) is 81.9 cm³/mol. The van der Waals surface area contributed by atoms with Crippen molar-refractivity contribution in [3.05, 3.63) is 60.2 Å². The molecule has 1 amide bonds. The van der Waals surface area contributed by atoms with Gasteiger partial charge in [-0.05, 0) is 43.2 Å². The van der Waals surface area contributed by atoms with Crippen LogP contribution >= 0.6 is 0 Å². The molecule has 0 unspecified atom stereocenters. The maximum Gasteiger partial charge on any atom is 0.211 e. The minimum Gasteiger partial charge on any atom is -0.335 e. The molecule has 0 aromatic carbocycles. The number of pyridine rings is 1. The molecule has 102 valence electrons. The average molecular weight is 267 g/mol. The molecular formula is C16H17N3O. The number of allylic oxidation sites excluding steroid dienone is 3. The predicted octanol–water partition coefficient (Wildman–Crippen LogP) is 3.03. The fourth-order valence-corrected chi connectivity index (χ4v) is 1.96. The van der Waals surface area contributed by atoms with E-state index in [0.29, 0.717) is 6.41 Å². The smallest absolute Gasteiger partial charge is 0.211 e. The molecule has 0 saturated heterocycles. The highest BCUT2D eigenvalue weighted by Gasteiger charge is 2.04. The van der Waals surface area contributed by atoms with Crippen LogP contribution in [0.3, 0.4) is 0 Å². The molecule has 2 heterocycles. The van der Waals surface area contributed by atoms with Crippen molar-refractivity contribution in [1.82, 2.24) is 14.7 Å². The average Bonchev–Trinajstić information content (AvgIpc) is 2.85. The molecule has 0 spiro atoms. The molecule has 4 heteroatoms. The number of aromatic nitrogens is 2. The minimum atomic E-state index is 0.656. The van der Waals surface area contributed by atoms with Gasteiger partial charge in [0.05, 0.1) is 11.9 Å². The summed E-state index contributed by atoms with van der Waals surface area (Å²) >= 11 is 0. The van der Waals surface area contributed by atoms with Crippen LogP contribution in [0.2, 0.25) is 0 Å². The number of amides is 1. The van der Waals surface area contributed by atoms with Gasteiger partial charge in [0, 0.05) is 12.4 Å². The molecule has 0 aliphatic heterocycles. The molecule has 0 bridgehead atoms. The number of carbonyl (C=O) groups excluding carboxylic acids is 1. The van der Waals surface area contributed by atoms with Gasteiger partial charge >= 0.3 is 0 Å². The standard InChI is InChI=1S/C16H17N3O/c1-4-15-9-18-16-6-5-13(10-19(15)16)14(7-12(2)3)8-17-11-20/h4-11H,1H2,2-3H3,(H,17,20)/b14-8+. The summed E-state index contributed by atoms with van der Waals surface area (Å²) in [5.74, 6) is 0. The zero-order valence-corrected chi connectivity index (χ0v) is 11.6. The van der Waals surface area contributed by atoms with E-state index < -0.39 is 0 Å². The highest BCUT2D eigenvalue weighted by Crippen LogP contribution is 2.19. The van der Waals surface area contributed by atoms with Crippen LogP contribution in [0.25, 0.3) is 17.3 Å². The Morgan fingerprint density at radius 1 is 1.40 bits per heavy atom. The Hall–Kier alpha value is -2.62. The van der Waals surface area contributed by atoms with E-state index in [2.05, 4.69) is 16.9 Å². The van der Waals surface area contributed by atoms with Gasteiger partial charge in [0.2, 0.25) is 6.41 Å². The second kappa shape index (κ2) is 6.02. The summed E-state index contributed by atoms with van der Waals surface area (Å²) in [4.78, 5) is 14.8. The first kappa shape index (κ1) is 13.8. The van der Waals surface area contributed by atoms with E-state index in [9.17, 15) is 4.79 Å². The van der Waals surface area contributed by atoms with Crippen molar-refractivity contribution in [2.75, 3.05) is 0 Å². The van der Waals surface area contributed by atoms with Crippen molar-refractivity contribution in [3.8, 4) is 0 Å². The van der Waals surface area contributed by atoms with E-state index >= 15 is 0 Å². The molecule has 0 saturated carbocycles. The molecule has 2 rings (SSSR count). The summed E-state index contributed by atoms with van der Waals surface area (Å²) in [6.45, 7) is 7.81. The quantitative estimate of drug-likeness (QED) is 0.668. The number of carbonyl (C=O) groups is 1. The third-order valence-corrected chi connectivity index (χ3v) is 2.83. The number of nitrogens with one attached hydrogen (secondary N) is 1. The van der Waals surface area contributed by atoms with Gasteiger partial charge in [-0.1, -0.05) is 18.2 Å².